The summed E-state index contributed by atoms with van der Waals surface area (Å²) in [6, 6.07) is 0. The summed E-state index contributed by atoms with van der Waals surface area (Å²) >= 11 is 1.73. The Hall–Kier alpha value is -0.260. The topological polar surface area (TPSA) is 41.6 Å². The fourth-order valence-corrected chi connectivity index (χ4v) is 2.50. The van der Waals surface area contributed by atoms with Gasteiger partial charge >= 0.3 is 0 Å². The predicted molar refractivity (Wildman–Crippen MR) is 67.3 cm³/mol. The molecule has 94 valence electrons. The summed E-state index contributed by atoms with van der Waals surface area (Å²) in [6.07, 6.45) is 4.19. The van der Waals surface area contributed by atoms with Crippen molar-refractivity contribution in [2.24, 2.45) is 5.92 Å². The van der Waals surface area contributed by atoms with E-state index in [0.29, 0.717) is 19.8 Å². The monoisotopic (exact) mass is 246 g/mol. The molecule has 1 fully saturated rings. The highest BCUT2D eigenvalue weighted by Gasteiger charge is 2.24. The lowest BCUT2D eigenvalue weighted by Crippen LogP contribution is -2.41. The first-order valence-corrected chi connectivity index (χ1v) is 7.10. The van der Waals surface area contributed by atoms with E-state index in [0.717, 1.165) is 25.9 Å². The molecule has 0 aromatic carbocycles. The van der Waals surface area contributed by atoms with Gasteiger partial charge in [-0.15, -0.1) is 0 Å². The average Bonchev–Trinajstić information content (AvgIpc) is 2.34. The molecule has 1 saturated heterocycles. The average molecular weight is 246 g/mol. The molecule has 4 nitrogen and oxygen atoms in total. The molecule has 1 aliphatic rings. The van der Waals surface area contributed by atoms with Crippen LogP contribution >= 0.6 is 11.9 Å². The smallest absolute Gasteiger partial charge is 0.224 e. The summed E-state index contributed by atoms with van der Waals surface area (Å²) < 4.78 is 7.44. The number of hydrogen-bond acceptors (Lipinski definition) is 4. The van der Waals surface area contributed by atoms with Crippen LogP contribution in [0.5, 0.6) is 0 Å². The van der Waals surface area contributed by atoms with Gasteiger partial charge in [0.2, 0.25) is 5.91 Å². The van der Waals surface area contributed by atoms with Gasteiger partial charge in [-0.1, -0.05) is 11.9 Å². The Bertz CT molecular complexity index is 214. The Balaban J connectivity index is 2.19. The zero-order chi connectivity index (χ0) is 11.8. The van der Waals surface area contributed by atoms with Crippen LogP contribution in [0.3, 0.4) is 0 Å². The van der Waals surface area contributed by atoms with Crippen molar-refractivity contribution >= 4 is 17.9 Å². The van der Waals surface area contributed by atoms with Gasteiger partial charge in [0.1, 0.15) is 0 Å². The van der Waals surface area contributed by atoms with Crippen molar-refractivity contribution in [1.82, 2.24) is 9.62 Å². The molecule has 5 heteroatoms. The van der Waals surface area contributed by atoms with Crippen molar-refractivity contribution in [3.8, 4) is 0 Å². The van der Waals surface area contributed by atoms with Crippen LogP contribution in [0.15, 0.2) is 0 Å². The van der Waals surface area contributed by atoms with Gasteiger partial charge < -0.3 is 10.1 Å². The van der Waals surface area contributed by atoms with Crippen LogP contribution < -0.4 is 5.32 Å². The first-order chi connectivity index (χ1) is 7.77. The van der Waals surface area contributed by atoms with Gasteiger partial charge in [-0.05, 0) is 26.0 Å². The summed E-state index contributed by atoms with van der Waals surface area (Å²) in [5.74, 6) is 0.335. The molecule has 1 aliphatic heterocycles. The Morgan fingerprint density at radius 2 is 2.44 bits per heavy atom. The molecule has 0 aliphatic carbocycles. The van der Waals surface area contributed by atoms with Gasteiger partial charge in [0.15, 0.2) is 0 Å². The number of nitrogens with zero attached hydrogens (tertiary/aromatic N) is 1. The maximum Gasteiger partial charge on any atom is 0.224 e. The third-order valence-electron chi connectivity index (χ3n) is 2.76. The largest absolute Gasteiger partial charge is 0.380 e. The Kier molecular flexibility index (Phi) is 6.84. The van der Waals surface area contributed by atoms with Crippen LogP contribution in [0.2, 0.25) is 0 Å². The molecule has 0 aromatic heterocycles. The molecule has 1 unspecified atom stereocenters. The first-order valence-electron chi connectivity index (χ1n) is 5.92. The molecule has 0 spiro atoms. The van der Waals surface area contributed by atoms with Gasteiger partial charge in [0, 0.05) is 26.2 Å². The third kappa shape index (κ3) is 4.72. The van der Waals surface area contributed by atoms with Gasteiger partial charge in [-0.25, -0.2) is 0 Å². The van der Waals surface area contributed by atoms with E-state index in [1.807, 2.05) is 6.92 Å². The molecule has 1 N–H and O–H groups in total. The molecular weight excluding hydrogens is 224 g/mol. The van der Waals surface area contributed by atoms with E-state index in [1.165, 1.54) is 0 Å². The lowest BCUT2D eigenvalue weighted by Gasteiger charge is -2.29. The number of nitrogens with one attached hydrogen (secondary N) is 1. The number of carbonyl (C=O) groups is 1. The number of piperidine rings is 1. The summed E-state index contributed by atoms with van der Waals surface area (Å²) in [7, 11) is 0. The van der Waals surface area contributed by atoms with Gasteiger partial charge in [-0.3, -0.25) is 9.10 Å². The van der Waals surface area contributed by atoms with Crippen molar-refractivity contribution in [1.29, 1.82) is 0 Å². The molecule has 0 aromatic rings. The normalized spacial score (nSPS) is 22.0. The second kappa shape index (κ2) is 7.92. The fourth-order valence-electron chi connectivity index (χ4n) is 1.86. The molecule has 0 radical (unpaired) electrons. The fraction of sp³-hybridized carbons (Fsp3) is 0.909. The standard InChI is InChI=1S/C11H22N2O2S/c1-3-15-8-6-12-11(14)10-5-4-7-13(9-10)16-2/h10H,3-9H2,1-2H3,(H,12,14). The number of amides is 1. The van der Waals surface area contributed by atoms with Crippen LogP contribution in [0, 0.1) is 5.92 Å². The molecule has 1 atom stereocenters. The first kappa shape index (κ1) is 13.8. The van der Waals surface area contributed by atoms with Crippen molar-refractivity contribution in [2.75, 3.05) is 39.1 Å². The number of ether oxygens (including phenoxy) is 1. The van der Waals surface area contributed by atoms with E-state index in [4.69, 9.17) is 4.74 Å². The second-order valence-corrected chi connectivity index (χ2v) is 4.78. The quantitative estimate of drug-likeness (QED) is 0.563. The summed E-state index contributed by atoms with van der Waals surface area (Å²) in [4.78, 5) is 11.8. The van der Waals surface area contributed by atoms with E-state index in [9.17, 15) is 4.79 Å². The van der Waals surface area contributed by atoms with Crippen molar-refractivity contribution < 1.29 is 9.53 Å². The molecule has 1 amide bonds. The highest BCUT2D eigenvalue weighted by atomic mass is 32.2. The Morgan fingerprint density at radius 3 is 3.12 bits per heavy atom. The second-order valence-electron chi connectivity index (χ2n) is 3.90. The van der Waals surface area contributed by atoms with E-state index in [1.54, 1.807) is 11.9 Å². The van der Waals surface area contributed by atoms with Crippen molar-refractivity contribution in [3.05, 3.63) is 0 Å². The van der Waals surface area contributed by atoms with E-state index >= 15 is 0 Å². The number of rotatable bonds is 6. The molecule has 0 bridgehead atoms. The predicted octanol–water partition coefficient (Wildman–Crippen LogP) is 1.13. The highest BCUT2D eigenvalue weighted by Crippen LogP contribution is 2.20. The lowest BCUT2D eigenvalue weighted by molar-refractivity contribution is -0.126. The number of hydrogen-bond donors (Lipinski definition) is 1. The lowest BCUT2D eigenvalue weighted by atomic mass is 9.99. The molecular formula is C11H22N2O2S. The van der Waals surface area contributed by atoms with Crippen molar-refractivity contribution in [2.45, 2.75) is 19.8 Å². The van der Waals surface area contributed by atoms with Crippen molar-refractivity contribution in [3.63, 3.8) is 0 Å². The molecule has 1 rings (SSSR count). The van der Waals surface area contributed by atoms with Gasteiger partial charge in [0.25, 0.3) is 0 Å². The van der Waals surface area contributed by atoms with E-state index < -0.39 is 0 Å². The summed E-state index contributed by atoms with van der Waals surface area (Å²) in [5, 5.41) is 2.93. The maximum atomic E-state index is 11.8. The minimum atomic E-state index is 0.155. The summed E-state index contributed by atoms with van der Waals surface area (Å²) in [6.45, 7) is 5.88. The van der Waals surface area contributed by atoms with Crippen LogP contribution in [0.1, 0.15) is 19.8 Å². The van der Waals surface area contributed by atoms with E-state index in [-0.39, 0.29) is 11.8 Å². The van der Waals surface area contributed by atoms with E-state index in [2.05, 4.69) is 15.9 Å². The van der Waals surface area contributed by atoms with Crippen LogP contribution in [-0.2, 0) is 9.53 Å². The minimum Gasteiger partial charge on any atom is -0.380 e. The molecule has 16 heavy (non-hydrogen) atoms. The van der Waals surface area contributed by atoms with Crippen LogP contribution in [0.4, 0.5) is 0 Å². The molecule has 0 saturated carbocycles. The zero-order valence-electron chi connectivity index (χ0n) is 10.2. The summed E-state index contributed by atoms with van der Waals surface area (Å²) in [5.41, 5.74) is 0. The van der Waals surface area contributed by atoms with Crippen LogP contribution in [0.25, 0.3) is 0 Å². The van der Waals surface area contributed by atoms with Gasteiger partial charge in [-0.2, -0.15) is 0 Å². The Morgan fingerprint density at radius 1 is 1.62 bits per heavy atom. The highest BCUT2D eigenvalue weighted by molar-refractivity contribution is 7.96. The maximum absolute atomic E-state index is 11.8. The SMILES string of the molecule is CCOCCNC(=O)C1CCCN(SC)C1. The zero-order valence-corrected chi connectivity index (χ0v) is 11.0. The number of carbonyl (C=O) groups excluding carboxylic acids is 1. The third-order valence-corrected chi connectivity index (χ3v) is 3.61. The Labute approximate surface area is 102 Å². The van der Waals surface area contributed by atoms with Gasteiger partial charge in [0.05, 0.1) is 12.5 Å². The van der Waals surface area contributed by atoms with Crippen LogP contribution in [-0.4, -0.2) is 49.3 Å². The molecule has 1 heterocycles. The minimum absolute atomic E-state index is 0.155.